The van der Waals surface area contributed by atoms with Gasteiger partial charge >= 0.3 is 0 Å². The summed E-state index contributed by atoms with van der Waals surface area (Å²) in [6.07, 6.45) is 0.992. The normalized spacial score (nSPS) is 12.3. The number of rotatable bonds is 5. The second kappa shape index (κ2) is 5.61. The van der Waals surface area contributed by atoms with E-state index in [-0.39, 0.29) is 12.6 Å². The number of hydrogen-bond acceptors (Lipinski definition) is 3. The van der Waals surface area contributed by atoms with Crippen LogP contribution in [0.3, 0.4) is 0 Å². The molecule has 0 saturated carbocycles. The summed E-state index contributed by atoms with van der Waals surface area (Å²) in [5.41, 5.74) is 2.17. The third kappa shape index (κ3) is 3.13. The van der Waals surface area contributed by atoms with Crippen LogP contribution in [0.4, 0.5) is 5.69 Å². The molecule has 0 fully saturated rings. The summed E-state index contributed by atoms with van der Waals surface area (Å²) in [6, 6.07) is 6.11. The topological polar surface area (TPSA) is 41.5 Å². The Labute approximate surface area is 91.1 Å². The van der Waals surface area contributed by atoms with Crippen LogP contribution >= 0.6 is 0 Å². The third-order valence-corrected chi connectivity index (χ3v) is 2.35. The Hall–Kier alpha value is -1.22. The van der Waals surface area contributed by atoms with Crippen LogP contribution < -0.4 is 10.1 Å². The molecule has 15 heavy (non-hydrogen) atoms. The third-order valence-electron chi connectivity index (χ3n) is 2.35. The predicted molar refractivity (Wildman–Crippen MR) is 62.5 cm³/mol. The summed E-state index contributed by atoms with van der Waals surface area (Å²) >= 11 is 0. The second-order valence-corrected chi connectivity index (χ2v) is 3.62. The van der Waals surface area contributed by atoms with E-state index in [2.05, 4.69) is 18.3 Å². The van der Waals surface area contributed by atoms with Gasteiger partial charge in [0.25, 0.3) is 0 Å². The van der Waals surface area contributed by atoms with Crippen LogP contribution in [0, 0.1) is 0 Å². The summed E-state index contributed by atoms with van der Waals surface area (Å²) in [5.74, 6) is 0.828. The first-order valence-electron chi connectivity index (χ1n) is 5.25. The number of aryl methyl sites for hydroxylation is 1. The average molecular weight is 209 g/mol. The molecule has 0 heterocycles. The van der Waals surface area contributed by atoms with E-state index in [4.69, 9.17) is 9.84 Å². The highest BCUT2D eigenvalue weighted by Crippen LogP contribution is 2.26. The van der Waals surface area contributed by atoms with Crippen molar-refractivity contribution in [3.63, 3.8) is 0 Å². The fourth-order valence-corrected chi connectivity index (χ4v) is 1.39. The quantitative estimate of drug-likeness (QED) is 0.780. The van der Waals surface area contributed by atoms with Gasteiger partial charge in [0.15, 0.2) is 0 Å². The summed E-state index contributed by atoms with van der Waals surface area (Å²) in [4.78, 5) is 0. The Morgan fingerprint density at radius 3 is 2.73 bits per heavy atom. The maximum absolute atomic E-state index is 8.96. The lowest BCUT2D eigenvalue weighted by Gasteiger charge is -2.16. The molecule has 3 nitrogen and oxygen atoms in total. The molecular weight excluding hydrogens is 190 g/mol. The van der Waals surface area contributed by atoms with Crippen molar-refractivity contribution < 1.29 is 9.84 Å². The maximum Gasteiger partial charge on any atom is 0.142 e. The van der Waals surface area contributed by atoms with Gasteiger partial charge in [0.2, 0.25) is 0 Å². The molecule has 84 valence electrons. The van der Waals surface area contributed by atoms with Gasteiger partial charge in [-0.15, -0.1) is 0 Å². The molecule has 1 aromatic rings. The molecule has 0 radical (unpaired) electrons. The monoisotopic (exact) mass is 209 g/mol. The lowest BCUT2D eigenvalue weighted by atomic mass is 10.1. The van der Waals surface area contributed by atoms with Crippen molar-refractivity contribution in [2.24, 2.45) is 0 Å². The molecule has 1 rings (SSSR count). The highest BCUT2D eigenvalue weighted by atomic mass is 16.5. The molecule has 3 heteroatoms. The maximum atomic E-state index is 8.96. The molecule has 2 N–H and O–H groups in total. The zero-order valence-corrected chi connectivity index (χ0v) is 9.58. The smallest absolute Gasteiger partial charge is 0.142 e. The minimum atomic E-state index is 0.0337. The number of hydrogen-bond donors (Lipinski definition) is 2. The lowest BCUT2D eigenvalue weighted by molar-refractivity contribution is 0.281. The summed E-state index contributed by atoms with van der Waals surface area (Å²) in [6.45, 7) is 4.14. The minimum absolute atomic E-state index is 0.0337. The fraction of sp³-hybridized carbons (Fsp3) is 0.500. The molecule has 0 aromatic heterocycles. The van der Waals surface area contributed by atoms with Gasteiger partial charge in [0, 0.05) is 6.04 Å². The van der Waals surface area contributed by atoms with Crippen molar-refractivity contribution in [2.75, 3.05) is 19.0 Å². The largest absolute Gasteiger partial charge is 0.495 e. The van der Waals surface area contributed by atoms with E-state index < -0.39 is 0 Å². The second-order valence-electron chi connectivity index (χ2n) is 3.62. The summed E-state index contributed by atoms with van der Waals surface area (Å²) in [5, 5.41) is 12.1. The first kappa shape index (κ1) is 11.9. The van der Waals surface area contributed by atoms with Crippen molar-refractivity contribution in [3.8, 4) is 5.75 Å². The number of aliphatic hydroxyl groups excluding tert-OH is 1. The first-order valence-corrected chi connectivity index (χ1v) is 5.25. The van der Waals surface area contributed by atoms with Gasteiger partial charge in [-0.05, 0) is 31.0 Å². The van der Waals surface area contributed by atoms with E-state index >= 15 is 0 Å². The molecule has 1 aromatic carbocycles. The summed E-state index contributed by atoms with van der Waals surface area (Å²) in [7, 11) is 1.66. The van der Waals surface area contributed by atoms with Crippen molar-refractivity contribution in [1.82, 2.24) is 0 Å². The SMILES string of the molecule is CCc1ccc(NC(C)CO)c(OC)c1. The van der Waals surface area contributed by atoms with E-state index in [1.807, 2.05) is 19.1 Å². The number of methoxy groups -OCH3 is 1. The molecular formula is C12H19NO2. The van der Waals surface area contributed by atoms with Crippen LogP contribution in [-0.4, -0.2) is 24.9 Å². The average Bonchev–Trinajstić information content (AvgIpc) is 2.29. The van der Waals surface area contributed by atoms with Crippen LogP contribution in [0.2, 0.25) is 0 Å². The van der Waals surface area contributed by atoms with E-state index in [0.29, 0.717) is 0 Å². The molecule has 0 aliphatic carbocycles. The number of ether oxygens (including phenoxy) is 1. The standard InChI is InChI=1S/C12H19NO2/c1-4-10-5-6-11(12(7-10)15-3)13-9(2)8-14/h5-7,9,13-14H,4,8H2,1-3H3. The van der Waals surface area contributed by atoms with Gasteiger partial charge in [0.1, 0.15) is 5.75 Å². The first-order chi connectivity index (χ1) is 7.21. The van der Waals surface area contributed by atoms with Gasteiger partial charge in [-0.2, -0.15) is 0 Å². The molecule has 0 spiro atoms. The van der Waals surface area contributed by atoms with E-state index in [1.54, 1.807) is 7.11 Å². The molecule has 0 aliphatic heterocycles. The van der Waals surface area contributed by atoms with E-state index in [1.165, 1.54) is 5.56 Å². The van der Waals surface area contributed by atoms with Gasteiger partial charge in [0.05, 0.1) is 19.4 Å². The van der Waals surface area contributed by atoms with Crippen molar-refractivity contribution in [1.29, 1.82) is 0 Å². The molecule has 0 bridgehead atoms. The van der Waals surface area contributed by atoms with Gasteiger partial charge in [-0.3, -0.25) is 0 Å². The van der Waals surface area contributed by atoms with Crippen LogP contribution in [0.15, 0.2) is 18.2 Å². The Kier molecular flexibility index (Phi) is 4.43. The van der Waals surface area contributed by atoms with Crippen molar-refractivity contribution >= 4 is 5.69 Å². The minimum Gasteiger partial charge on any atom is -0.495 e. The Morgan fingerprint density at radius 2 is 2.20 bits per heavy atom. The van der Waals surface area contributed by atoms with Crippen LogP contribution in [0.1, 0.15) is 19.4 Å². The van der Waals surface area contributed by atoms with Crippen molar-refractivity contribution in [2.45, 2.75) is 26.3 Å². The molecule has 0 saturated heterocycles. The zero-order chi connectivity index (χ0) is 11.3. The van der Waals surface area contributed by atoms with Crippen LogP contribution in [-0.2, 0) is 6.42 Å². The highest BCUT2D eigenvalue weighted by molar-refractivity contribution is 5.58. The van der Waals surface area contributed by atoms with Gasteiger partial charge in [-0.25, -0.2) is 0 Å². The Balaban J connectivity index is 2.87. The molecule has 0 aliphatic rings. The number of benzene rings is 1. The molecule has 0 amide bonds. The fourth-order valence-electron chi connectivity index (χ4n) is 1.39. The molecule has 1 unspecified atom stereocenters. The number of anilines is 1. The molecule has 1 atom stereocenters. The van der Waals surface area contributed by atoms with Gasteiger partial charge in [-0.1, -0.05) is 13.0 Å². The number of aliphatic hydroxyl groups is 1. The van der Waals surface area contributed by atoms with Crippen LogP contribution in [0.25, 0.3) is 0 Å². The van der Waals surface area contributed by atoms with Crippen LogP contribution in [0.5, 0.6) is 5.75 Å². The zero-order valence-electron chi connectivity index (χ0n) is 9.58. The predicted octanol–water partition coefficient (Wildman–Crippen LogP) is 2.05. The Bertz CT molecular complexity index is 312. The van der Waals surface area contributed by atoms with E-state index in [0.717, 1.165) is 17.9 Å². The van der Waals surface area contributed by atoms with Gasteiger partial charge < -0.3 is 15.2 Å². The summed E-state index contributed by atoms with van der Waals surface area (Å²) < 4.78 is 5.29. The van der Waals surface area contributed by atoms with Crippen molar-refractivity contribution in [3.05, 3.63) is 23.8 Å². The Morgan fingerprint density at radius 1 is 1.47 bits per heavy atom. The lowest BCUT2D eigenvalue weighted by Crippen LogP contribution is -2.19. The highest BCUT2D eigenvalue weighted by Gasteiger charge is 2.06. The number of nitrogens with one attached hydrogen (secondary N) is 1. The van der Waals surface area contributed by atoms with E-state index in [9.17, 15) is 0 Å².